The van der Waals surface area contributed by atoms with Gasteiger partial charge in [-0.3, -0.25) is 4.79 Å². The van der Waals surface area contributed by atoms with Crippen LogP contribution in [0.1, 0.15) is 68.1 Å². The zero-order valence-corrected chi connectivity index (χ0v) is 15.9. The molecule has 142 valence electrons. The van der Waals surface area contributed by atoms with E-state index in [4.69, 9.17) is 0 Å². The summed E-state index contributed by atoms with van der Waals surface area (Å²) in [7, 11) is -3.44. The number of nitrogens with zero attached hydrogens (tertiary/aromatic N) is 2. The summed E-state index contributed by atoms with van der Waals surface area (Å²) in [6.07, 6.45) is 9.66. The molecule has 6 nitrogen and oxygen atoms in total. The highest BCUT2D eigenvalue weighted by molar-refractivity contribution is 7.89. The summed E-state index contributed by atoms with van der Waals surface area (Å²) in [5, 5.41) is 4.29. The molecule has 1 aromatic rings. The van der Waals surface area contributed by atoms with E-state index in [0.717, 1.165) is 44.2 Å². The van der Waals surface area contributed by atoms with E-state index in [2.05, 4.69) is 10.5 Å². The van der Waals surface area contributed by atoms with E-state index in [0.29, 0.717) is 18.7 Å². The largest absolute Gasteiger partial charge is 0.271 e. The van der Waals surface area contributed by atoms with Gasteiger partial charge in [0.2, 0.25) is 10.0 Å². The molecule has 1 aliphatic heterocycles. The normalized spacial score (nSPS) is 19.6. The molecular formula is C19H27N3O3S. The molecule has 26 heavy (non-hydrogen) atoms. The molecule has 1 aliphatic carbocycles. The predicted octanol–water partition coefficient (Wildman–Crippen LogP) is 3.30. The molecule has 1 saturated carbocycles. The van der Waals surface area contributed by atoms with Gasteiger partial charge >= 0.3 is 0 Å². The Morgan fingerprint density at radius 3 is 2.08 bits per heavy atom. The van der Waals surface area contributed by atoms with Gasteiger partial charge in [0.25, 0.3) is 5.91 Å². The van der Waals surface area contributed by atoms with Gasteiger partial charge in [-0.2, -0.15) is 9.41 Å². The zero-order valence-electron chi connectivity index (χ0n) is 15.1. The van der Waals surface area contributed by atoms with Gasteiger partial charge in [-0.1, -0.05) is 19.3 Å². The molecule has 1 heterocycles. The highest BCUT2D eigenvalue weighted by Gasteiger charge is 2.27. The monoisotopic (exact) mass is 377 g/mol. The molecule has 0 bridgehead atoms. The fraction of sp³-hybridized carbons (Fsp3) is 0.579. The lowest BCUT2D eigenvalue weighted by molar-refractivity contribution is 0.0954. The Labute approximate surface area is 155 Å². The summed E-state index contributed by atoms with van der Waals surface area (Å²) < 4.78 is 26.5. The van der Waals surface area contributed by atoms with Crippen LogP contribution in [0, 0.1) is 0 Å². The first-order chi connectivity index (χ1) is 12.6. The van der Waals surface area contributed by atoms with Crippen molar-refractivity contribution in [3.8, 4) is 0 Å². The van der Waals surface area contributed by atoms with Crippen LogP contribution >= 0.6 is 0 Å². The van der Waals surface area contributed by atoms with Gasteiger partial charge in [-0.25, -0.2) is 13.8 Å². The molecule has 0 atom stereocenters. The van der Waals surface area contributed by atoms with Crippen molar-refractivity contribution >= 4 is 21.6 Å². The van der Waals surface area contributed by atoms with E-state index in [1.807, 2.05) is 0 Å². The molecule has 0 radical (unpaired) electrons. The number of hydrazone groups is 1. The van der Waals surface area contributed by atoms with Crippen molar-refractivity contribution in [1.82, 2.24) is 9.73 Å². The summed E-state index contributed by atoms with van der Waals surface area (Å²) in [6, 6.07) is 6.12. The van der Waals surface area contributed by atoms with E-state index < -0.39 is 10.0 Å². The van der Waals surface area contributed by atoms with Crippen molar-refractivity contribution < 1.29 is 13.2 Å². The number of carbonyl (C=O) groups is 1. The first-order valence-corrected chi connectivity index (χ1v) is 11.0. The Hall–Kier alpha value is -1.73. The smallest absolute Gasteiger partial charge is 0.267 e. The highest BCUT2D eigenvalue weighted by Crippen LogP contribution is 2.21. The van der Waals surface area contributed by atoms with Crippen molar-refractivity contribution in [1.29, 1.82) is 0 Å². The quantitative estimate of drug-likeness (QED) is 0.818. The lowest BCUT2D eigenvalue weighted by Gasteiger charge is -2.15. The van der Waals surface area contributed by atoms with Crippen LogP contribution < -0.4 is 5.43 Å². The third-order valence-corrected chi connectivity index (χ3v) is 6.98. The fourth-order valence-corrected chi connectivity index (χ4v) is 4.99. The number of sulfonamides is 1. The molecule has 3 rings (SSSR count). The maximum absolute atomic E-state index is 12.5. The second kappa shape index (κ2) is 8.77. The Balaban J connectivity index is 1.63. The molecule has 1 saturated heterocycles. The van der Waals surface area contributed by atoms with E-state index in [1.54, 1.807) is 12.1 Å². The topological polar surface area (TPSA) is 78.8 Å². The van der Waals surface area contributed by atoms with Gasteiger partial charge in [0.05, 0.1) is 4.90 Å². The van der Waals surface area contributed by atoms with Crippen LogP contribution in [-0.2, 0) is 10.0 Å². The maximum Gasteiger partial charge on any atom is 0.271 e. The zero-order chi connectivity index (χ0) is 18.4. The van der Waals surface area contributed by atoms with Crippen LogP contribution in [0.25, 0.3) is 0 Å². The van der Waals surface area contributed by atoms with E-state index in [-0.39, 0.29) is 10.8 Å². The van der Waals surface area contributed by atoms with Crippen molar-refractivity contribution in [2.24, 2.45) is 5.10 Å². The van der Waals surface area contributed by atoms with Crippen molar-refractivity contribution in [2.45, 2.75) is 62.7 Å². The first kappa shape index (κ1) is 19.0. The van der Waals surface area contributed by atoms with Crippen LogP contribution in [-0.4, -0.2) is 37.4 Å². The predicted molar refractivity (Wildman–Crippen MR) is 102 cm³/mol. The number of amides is 1. The maximum atomic E-state index is 12.5. The van der Waals surface area contributed by atoms with Gasteiger partial charge in [-0.15, -0.1) is 0 Å². The Morgan fingerprint density at radius 2 is 1.46 bits per heavy atom. The molecule has 2 fully saturated rings. The minimum atomic E-state index is -3.44. The lowest BCUT2D eigenvalue weighted by atomic mass is 9.99. The molecule has 1 N–H and O–H groups in total. The molecule has 1 aromatic carbocycles. The number of rotatable bonds is 4. The van der Waals surface area contributed by atoms with Crippen molar-refractivity contribution in [3.05, 3.63) is 29.8 Å². The molecule has 7 heteroatoms. The van der Waals surface area contributed by atoms with Crippen LogP contribution in [0.3, 0.4) is 0 Å². The second-order valence-corrected chi connectivity index (χ2v) is 8.96. The molecule has 1 amide bonds. The fourth-order valence-electron chi connectivity index (χ4n) is 3.48. The number of hydrogen-bond donors (Lipinski definition) is 1. The molecule has 0 unspecified atom stereocenters. The molecule has 0 spiro atoms. The van der Waals surface area contributed by atoms with Gasteiger partial charge in [0.1, 0.15) is 0 Å². The van der Waals surface area contributed by atoms with E-state index >= 15 is 0 Å². The average Bonchev–Trinajstić information content (AvgIpc) is 3.16. The number of benzene rings is 1. The summed E-state index contributed by atoms with van der Waals surface area (Å²) in [5.74, 6) is -0.301. The summed E-state index contributed by atoms with van der Waals surface area (Å²) in [6.45, 7) is 1.14. The third-order valence-electron chi connectivity index (χ3n) is 5.07. The van der Waals surface area contributed by atoms with Crippen LogP contribution in [0.2, 0.25) is 0 Å². The van der Waals surface area contributed by atoms with Gasteiger partial charge < -0.3 is 0 Å². The molecule has 0 aromatic heterocycles. The van der Waals surface area contributed by atoms with Crippen molar-refractivity contribution in [2.75, 3.05) is 13.1 Å². The highest BCUT2D eigenvalue weighted by atomic mass is 32.2. The lowest BCUT2D eigenvalue weighted by Crippen LogP contribution is -2.28. The molecular weight excluding hydrogens is 350 g/mol. The summed E-state index contributed by atoms with van der Waals surface area (Å²) >= 11 is 0. The second-order valence-electron chi connectivity index (χ2n) is 7.02. The minimum Gasteiger partial charge on any atom is -0.267 e. The van der Waals surface area contributed by atoms with Crippen LogP contribution in [0.5, 0.6) is 0 Å². The van der Waals surface area contributed by atoms with E-state index in [9.17, 15) is 13.2 Å². The minimum absolute atomic E-state index is 0.238. The number of carbonyl (C=O) groups excluding carboxylic acids is 1. The van der Waals surface area contributed by atoms with Gasteiger partial charge in [0.15, 0.2) is 0 Å². The number of hydrogen-bond acceptors (Lipinski definition) is 4. The van der Waals surface area contributed by atoms with Crippen LogP contribution in [0.15, 0.2) is 34.3 Å². The van der Waals surface area contributed by atoms with Gasteiger partial charge in [0, 0.05) is 24.4 Å². The summed E-state index contributed by atoms with van der Waals surface area (Å²) in [4.78, 5) is 12.5. The van der Waals surface area contributed by atoms with Gasteiger partial charge in [-0.05, 0) is 62.8 Å². The standard InChI is InChI=1S/C19H27N3O3S/c23-19(21-20-17-8-4-2-1-3-5-9-17)16-10-12-18(13-11-16)26(24,25)22-14-6-7-15-22/h10-13H,1-9,14-15H2,(H,21,23). The molecule has 2 aliphatic rings. The Kier molecular flexibility index (Phi) is 6.43. The first-order valence-electron chi connectivity index (χ1n) is 9.53. The van der Waals surface area contributed by atoms with Crippen LogP contribution in [0.4, 0.5) is 0 Å². The number of nitrogens with one attached hydrogen (secondary N) is 1. The van der Waals surface area contributed by atoms with E-state index in [1.165, 1.54) is 35.7 Å². The average molecular weight is 378 g/mol. The third kappa shape index (κ3) is 4.71. The Morgan fingerprint density at radius 1 is 0.885 bits per heavy atom. The van der Waals surface area contributed by atoms with Crippen molar-refractivity contribution in [3.63, 3.8) is 0 Å². The summed E-state index contributed by atoms with van der Waals surface area (Å²) in [5.41, 5.74) is 4.08. The Bertz CT molecular complexity index is 741. The SMILES string of the molecule is O=C(NN=C1CCCCCCC1)c1ccc(S(=O)(=O)N2CCCC2)cc1.